The molecule has 2 amide bonds. The number of carbonyl (C=O) groups excluding carboxylic acids is 2. The number of anilines is 2. The van der Waals surface area contributed by atoms with Crippen LogP contribution in [0.2, 0.25) is 0 Å². The summed E-state index contributed by atoms with van der Waals surface area (Å²) in [7, 11) is 0. The van der Waals surface area contributed by atoms with E-state index in [0.717, 1.165) is 23.4 Å². The van der Waals surface area contributed by atoms with Crippen molar-refractivity contribution in [2.45, 2.75) is 39.3 Å². The lowest BCUT2D eigenvalue weighted by atomic mass is 10.1. The third-order valence-corrected chi connectivity index (χ3v) is 4.53. The summed E-state index contributed by atoms with van der Waals surface area (Å²) in [5, 5.41) is 3.03. The number of hydrogen-bond acceptors (Lipinski definition) is 4. The molecule has 1 fully saturated rings. The van der Waals surface area contributed by atoms with Gasteiger partial charge < -0.3 is 15.0 Å². The lowest BCUT2D eigenvalue weighted by Gasteiger charge is -2.21. The second-order valence-corrected chi connectivity index (χ2v) is 6.92. The highest BCUT2D eigenvalue weighted by Gasteiger charge is 2.34. The number of nitrogens with zero attached hydrogens (tertiary/aromatic N) is 2. The normalized spacial score (nSPS) is 22.4. The van der Waals surface area contributed by atoms with E-state index in [1.807, 2.05) is 25.1 Å². The van der Waals surface area contributed by atoms with Gasteiger partial charge in [-0.05, 0) is 44.0 Å². The maximum Gasteiger partial charge on any atom is 0.414 e. The van der Waals surface area contributed by atoms with Crippen molar-refractivity contribution in [3.05, 3.63) is 23.8 Å². The topological polar surface area (TPSA) is 61.9 Å². The predicted octanol–water partition coefficient (Wildman–Crippen LogP) is 2.25. The molecular formula is C17H21N3O3S. The van der Waals surface area contributed by atoms with Crippen molar-refractivity contribution < 1.29 is 14.3 Å². The highest BCUT2D eigenvalue weighted by molar-refractivity contribution is 7.80. The van der Waals surface area contributed by atoms with Gasteiger partial charge in [0, 0.05) is 24.3 Å². The van der Waals surface area contributed by atoms with Gasteiger partial charge in [-0.25, -0.2) is 4.79 Å². The van der Waals surface area contributed by atoms with Crippen LogP contribution in [0.1, 0.15) is 26.3 Å². The van der Waals surface area contributed by atoms with Crippen LogP contribution >= 0.6 is 12.2 Å². The summed E-state index contributed by atoms with van der Waals surface area (Å²) in [6.07, 6.45) is 0.218. The molecule has 0 saturated carbocycles. The summed E-state index contributed by atoms with van der Waals surface area (Å²) in [6.45, 7) is 6.40. The third-order valence-electron chi connectivity index (χ3n) is 4.38. The second kappa shape index (κ2) is 6.39. The Hall–Kier alpha value is -2.15. The molecule has 0 radical (unpaired) electrons. The van der Waals surface area contributed by atoms with E-state index in [1.54, 1.807) is 23.6 Å². The molecule has 24 heavy (non-hydrogen) atoms. The van der Waals surface area contributed by atoms with Crippen LogP contribution in [-0.2, 0) is 16.0 Å². The van der Waals surface area contributed by atoms with Crippen molar-refractivity contribution in [2.75, 3.05) is 22.9 Å². The first-order valence-corrected chi connectivity index (χ1v) is 8.43. The molecule has 7 heteroatoms. The fourth-order valence-corrected chi connectivity index (χ4v) is 3.44. The predicted molar refractivity (Wildman–Crippen MR) is 96.7 cm³/mol. The Bertz CT molecular complexity index is 706. The molecule has 2 aliphatic rings. The molecule has 1 aromatic carbocycles. The number of fused-ring (bicyclic) bond motifs is 1. The van der Waals surface area contributed by atoms with Crippen molar-refractivity contribution >= 4 is 40.6 Å². The highest BCUT2D eigenvalue weighted by atomic mass is 32.1. The van der Waals surface area contributed by atoms with E-state index < -0.39 is 0 Å². The maximum absolute atomic E-state index is 12.1. The number of amides is 2. The molecule has 3 rings (SSSR count). The SMILES string of the molecule is CC(=O)N1c2ccc(N3C[C@@H](CNC(C)=S)OC3=O)cc2C[C@H]1C. The molecule has 0 spiro atoms. The zero-order valence-electron chi connectivity index (χ0n) is 14.0. The largest absolute Gasteiger partial charge is 0.442 e. The van der Waals surface area contributed by atoms with Crippen molar-refractivity contribution in [2.24, 2.45) is 0 Å². The minimum absolute atomic E-state index is 0.0382. The monoisotopic (exact) mass is 347 g/mol. The first-order chi connectivity index (χ1) is 11.4. The molecule has 2 heterocycles. The van der Waals surface area contributed by atoms with Crippen molar-refractivity contribution in [3.63, 3.8) is 0 Å². The molecule has 6 nitrogen and oxygen atoms in total. The average molecular weight is 347 g/mol. The van der Waals surface area contributed by atoms with E-state index in [0.29, 0.717) is 18.1 Å². The van der Waals surface area contributed by atoms with Gasteiger partial charge in [-0.2, -0.15) is 0 Å². The Labute approximate surface area is 146 Å². The molecular weight excluding hydrogens is 326 g/mol. The lowest BCUT2D eigenvalue weighted by Crippen LogP contribution is -2.33. The summed E-state index contributed by atoms with van der Waals surface area (Å²) >= 11 is 4.98. The Balaban J connectivity index is 1.77. The molecule has 0 unspecified atom stereocenters. The first kappa shape index (κ1) is 16.7. The van der Waals surface area contributed by atoms with Gasteiger partial charge in [0.1, 0.15) is 6.10 Å². The van der Waals surface area contributed by atoms with Crippen LogP contribution in [0.3, 0.4) is 0 Å². The number of benzene rings is 1. The van der Waals surface area contributed by atoms with Crippen molar-refractivity contribution in [1.29, 1.82) is 0 Å². The maximum atomic E-state index is 12.1. The lowest BCUT2D eigenvalue weighted by molar-refractivity contribution is -0.116. The van der Waals surface area contributed by atoms with Gasteiger partial charge in [-0.3, -0.25) is 9.69 Å². The molecule has 1 aromatic rings. The van der Waals surface area contributed by atoms with E-state index in [1.165, 1.54) is 0 Å². The Kier molecular flexibility index (Phi) is 4.45. The molecule has 2 aliphatic heterocycles. The standard InChI is InChI=1S/C17H21N3O3S/c1-10-6-13-7-14(4-5-16(13)20(10)12(3)21)19-9-15(23-17(19)22)8-18-11(2)24/h4-5,7,10,15H,6,8-9H2,1-3H3,(H,18,24)/t10-,15-/m1/s1. The zero-order chi connectivity index (χ0) is 17.4. The highest BCUT2D eigenvalue weighted by Crippen LogP contribution is 2.35. The number of hydrogen-bond donors (Lipinski definition) is 1. The van der Waals surface area contributed by atoms with Crippen LogP contribution in [0.4, 0.5) is 16.2 Å². The average Bonchev–Trinajstić information content (AvgIpc) is 3.03. The summed E-state index contributed by atoms with van der Waals surface area (Å²) in [5.74, 6) is 0.0382. The summed E-state index contributed by atoms with van der Waals surface area (Å²) in [6, 6.07) is 5.90. The van der Waals surface area contributed by atoms with E-state index in [9.17, 15) is 9.59 Å². The van der Waals surface area contributed by atoms with Crippen LogP contribution < -0.4 is 15.1 Å². The van der Waals surface area contributed by atoms with Gasteiger partial charge in [0.15, 0.2) is 0 Å². The van der Waals surface area contributed by atoms with Crippen LogP contribution in [-0.4, -0.2) is 42.2 Å². The Morgan fingerprint density at radius 3 is 2.83 bits per heavy atom. The Morgan fingerprint density at radius 1 is 1.42 bits per heavy atom. The number of carbonyl (C=O) groups is 2. The molecule has 1 N–H and O–H groups in total. The number of nitrogens with one attached hydrogen (secondary N) is 1. The fraction of sp³-hybridized carbons (Fsp3) is 0.471. The van der Waals surface area contributed by atoms with Gasteiger partial charge in [0.05, 0.1) is 18.1 Å². The number of cyclic esters (lactones) is 1. The molecule has 128 valence electrons. The van der Waals surface area contributed by atoms with Crippen LogP contribution in [0.5, 0.6) is 0 Å². The van der Waals surface area contributed by atoms with Crippen molar-refractivity contribution in [1.82, 2.24) is 5.32 Å². The molecule has 0 bridgehead atoms. The number of thiocarbonyl (C=S) groups is 1. The second-order valence-electron chi connectivity index (χ2n) is 6.31. The van der Waals surface area contributed by atoms with E-state index >= 15 is 0 Å². The van der Waals surface area contributed by atoms with Gasteiger partial charge in [0.2, 0.25) is 5.91 Å². The quantitative estimate of drug-likeness (QED) is 0.850. The first-order valence-electron chi connectivity index (χ1n) is 8.02. The summed E-state index contributed by atoms with van der Waals surface area (Å²) in [4.78, 5) is 28.1. The number of rotatable bonds is 3. The smallest absolute Gasteiger partial charge is 0.414 e. The molecule has 2 atom stereocenters. The van der Waals surface area contributed by atoms with Gasteiger partial charge in [0.25, 0.3) is 0 Å². The van der Waals surface area contributed by atoms with Gasteiger partial charge >= 0.3 is 6.09 Å². The summed E-state index contributed by atoms with van der Waals surface area (Å²) < 4.78 is 5.38. The third kappa shape index (κ3) is 3.08. The van der Waals surface area contributed by atoms with E-state index in [2.05, 4.69) is 5.32 Å². The number of ether oxygens (including phenoxy) is 1. The van der Waals surface area contributed by atoms with Gasteiger partial charge in [-0.15, -0.1) is 0 Å². The Morgan fingerprint density at radius 2 is 2.17 bits per heavy atom. The minimum Gasteiger partial charge on any atom is -0.442 e. The van der Waals surface area contributed by atoms with Crippen molar-refractivity contribution in [3.8, 4) is 0 Å². The minimum atomic E-state index is -0.349. The van der Waals surface area contributed by atoms with Crippen LogP contribution in [0, 0.1) is 0 Å². The summed E-state index contributed by atoms with van der Waals surface area (Å²) in [5.41, 5.74) is 2.82. The zero-order valence-corrected chi connectivity index (χ0v) is 14.9. The van der Waals surface area contributed by atoms with E-state index in [-0.39, 0.29) is 24.1 Å². The van der Waals surface area contributed by atoms with E-state index in [4.69, 9.17) is 17.0 Å². The molecule has 0 aliphatic carbocycles. The molecule has 0 aromatic heterocycles. The van der Waals surface area contributed by atoms with Crippen LogP contribution in [0.25, 0.3) is 0 Å². The fourth-order valence-electron chi connectivity index (χ4n) is 3.36. The van der Waals surface area contributed by atoms with Crippen LogP contribution in [0.15, 0.2) is 18.2 Å². The van der Waals surface area contributed by atoms with Gasteiger partial charge in [-0.1, -0.05) is 12.2 Å². The molecule has 1 saturated heterocycles.